The van der Waals surface area contributed by atoms with Crippen molar-refractivity contribution in [3.05, 3.63) is 28.7 Å². The third-order valence-electron chi connectivity index (χ3n) is 6.23. The quantitative estimate of drug-likeness (QED) is 0.832. The number of nitrogens with zero attached hydrogens (tertiary/aromatic N) is 4. The number of likely N-dealkylation sites (tertiary alicyclic amines) is 1. The van der Waals surface area contributed by atoms with Gasteiger partial charge in [-0.05, 0) is 39.5 Å². The highest BCUT2D eigenvalue weighted by Crippen LogP contribution is 2.50. The topological polar surface area (TPSA) is 114 Å². The van der Waals surface area contributed by atoms with Crippen molar-refractivity contribution in [3.8, 4) is 0 Å². The maximum absolute atomic E-state index is 12.8. The van der Waals surface area contributed by atoms with Gasteiger partial charge in [-0.1, -0.05) is 24.2 Å². The van der Waals surface area contributed by atoms with Crippen LogP contribution in [0.5, 0.6) is 0 Å². The molecule has 29 heavy (non-hydrogen) atoms. The highest BCUT2D eigenvalue weighted by Gasteiger charge is 2.58. The van der Waals surface area contributed by atoms with Crippen molar-refractivity contribution in [1.29, 1.82) is 0 Å². The van der Waals surface area contributed by atoms with E-state index in [1.165, 1.54) is 0 Å². The van der Waals surface area contributed by atoms with Gasteiger partial charge in [-0.15, -0.1) is 0 Å². The van der Waals surface area contributed by atoms with Gasteiger partial charge in [-0.2, -0.15) is 4.98 Å². The lowest BCUT2D eigenvalue weighted by Crippen LogP contribution is -2.40. The van der Waals surface area contributed by atoms with Crippen LogP contribution in [0.25, 0.3) is 0 Å². The monoisotopic (exact) mass is 401 g/mol. The predicted octanol–water partition coefficient (Wildman–Crippen LogP) is 1.93. The molecule has 3 heterocycles. The third-order valence-corrected chi connectivity index (χ3v) is 6.23. The minimum atomic E-state index is -0.428. The molecule has 1 unspecified atom stereocenters. The molecule has 2 aromatic rings. The summed E-state index contributed by atoms with van der Waals surface area (Å²) in [7, 11) is 0. The van der Waals surface area contributed by atoms with Gasteiger partial charge in [-0.3, -0.25) is 9.59 Å². The van der Waals surface area contributed by atoms with E-state index in [0.717, 1.165) is 6.42 Å². The number of fused-ring (bicyclic) bond motifs is 1. The van der Waals surface area contributed by atoms with Crippen LogP contribution in [0.3, 0.4) is 0 Å². The number of rotatable bonds is 4. The Morgan fingerprint density at radius 2 is 1.97 bits per heavy atom. The first-order chi connectivity index (χ1) is 13.7. The van der Waals surface area contributed by atoms with Crippen molar-refractivity contribution in [1.82, 2.24) is 25.5 Å². The maximum Gasteiger partial charge on any atom is 0.257 e. The highest BCUT2D eigenvalue weighted by atomic mass is 16.5. The number of carbonyl (C=O) groups is 2. The number of aromatic nitrogens is 3. The first-order valence-corrected chi connectivity index (χ1v) is 10.0. The molecule has 0 spiro atoms. The largest absolute Gasteiger partial charge is 0.361 e. The molecule has 3 atom stereocenters. The minimum absolute atomic E-state index is 0.0512. The van der Waals surface area contributed by atoms with Crippen molar-refractivity contribution in [3.63, 3.8) is 0 Å². The Morgan fingerprint density at radius 1 is 1.21 bits per heavy atom. The maximum atomic E-state index is 12.8. The van der Waals surface area contributed by atoms with Crippen LogP contribution in [0.15, 0.2) is 9.05 Å². The lowest BCUT2D eigenvalue weighted by Gasteiger charge is -2.26. The van der Waals surface area contributed by atoms with Crippen molar-refractivity contribution >= 4 is 11.8 Å². The summed E-state index contributed by atoms with van der Waals surface area (Å²) in [5.74, 6) is 1.68. The molecule has 2 fully saturated rings. The summed E-state index contributed by atoms with van der Waals surface area (Å²) in [6, 6.07) is -0.0512. The van der Waals surface area contributed by atoms with Crippen LogP contribution in [-0.4, -0.2) is 51.1 Å². The van der Waals surface area contributed by atoms with E-state index in [9.17, 15) is 9.59 Å². The van der Waals surface area contributed by atoms with Crippen molar-refractivity contribution in [2.45, 2.75) is 58.9 Å². The Kier molecular flexibility index (Phi) is 4.71. The van der Waals surface area contributed by atoms with E-state index in [-0.39, 0.29) is 29.7 Å². The molecule has 0 radical (unpaired) electrons. The van der Waals surface area contributed by atoms with Gasteiger partial charge in [0, 0.05) is 25.0 Å². The first kappa shape index (κ1) is 19.6. The second-order valence-corrected chi connectivity index (χ2v) is 8.68. The molecule has 1 N–H and O–H groups in total. The van der Waals surface area contributed by atoms with Gasteiger partial charge in [-0.25, -0.2) is 0 Å². The molecule has 9 nitrogen and oxygen atoms in total. The van der Waals surface area contributed by atoms with E-state index < -0.39 is 5.41 Å². The molecule has 156 valence electrons. The number of carbonyl (C=O) groups excluding carboxylic acids is 2. The molecule has 2 aliphatic rings. The van der Waals surface area contributed by atoms with Crippen molar-refractivity contribution in [2.24, 2.45) is 11.8 Å². The fraction of sp³-hybridized carbons (Fsp3) is 0.650. The second kappa shape index (κ2) is 6.96. The highest BCUT2D eigenvalue weighted by molar-refractivity contribution is 5.96. The molecule has 0 bridgehead atoms. The van der Waals surface area contributed by atoms with E-state index in [2.05, 4.69) is 20.6 Å². The van der Waals surface area contributed by atoms with E-state index in [4.69, 9.17) is 9.05 Å². The van der Waals surface area contributed by atoms with Crippen LogP contribution in [0.1, 0.15) is 60.2 Å². The summed E-state index contributed by atoms with van der Waals surface area (Å²) in [5.41, 5.74) is 0.637. The summed E-state index contributed by atoms with van der Waals surface area (Å²) in [6.07, 6.45) is 1.40. The Bertz CT molecular complexity index is 929. The number of aryl methyl sites for hydroxylation is 3. The summed E-state index contributed by atoms with van der Waals surface area (Å²) < 4.78 is 10.7. The molecule has 1 saturated heterocycles. The average Bonchev–Trinajstić information content (AvgIpc) is 3.37. The fourth-order valence-corrected chi connectivity index (χ4v) is 4.91. The third kappa shape index (κ3) is 3.22. The molecule has 2 aromatic heterocycles. The fourth-order valence-electron chi connectivity index (χ4n) is 4.91. The molecule has 4 rings (SSSR count). The van der Waals surface area contributed by atoms with Crippen LogP contribution in [0.4, 0.5) is 0 Å². The average molecular weight is 401 g/mol. The van der Waals surface area contributed by atoms with E-state index in [1.54, 1.807) is 20.8 Å². The summed E-state index contributed by atoms with van der Waals surface area (Å²) in [5, 5.41) is 11.0. The van der Waals surface area contributed by atoms with E-state index >= 15 is 0 Å². The predicted molar refractivity (Wildman–Crippen MR) is 102 cm³/mol. The molecule has 1 saturated carbocycles. The number of nitrogens with one attached hydrogen (secondary N) is 1. The lowest BCUT2D eigenvalue weighted by atomic mass is 9.80. The van der Waals surface area contributed by atoms with Gasteiger partial charge in [0.25, 0.3) is 5.91 Å². The second-order valence-electron chi connectivity index (χ2n) is 8.68. The Morgan fingerprint density at radius 3 is 2.55 bits per heavy atom. The van der Waals surface area contributed by atoms with Gasteiger partial charge >= 0.3 is 0 Å². The smallest absolute Gasteiger partial charge is 0.257 e. The minimum Gasteiger partial charge on any atom is -0.361 e. The molecule has 2 amide bonds. The van der Waals surface area contributed by atoms with Crippen LogP contribution in [0.2, 0.25) is 0 Å². The molecule has 9 heteroatoms. The van der Waals surface area contributed by atoms with Gasteiger partial charge in [0.1, 0.15) is 11.3 Å². The van der Waals surface area contributed by atoms with Crippen LogP contribution < -0.4 is 5.32 Å². The van der Waals surface area contributed by atoms with Gasteiger partial charge in [0.2, 0.25) is 11.8 Å². The Labute approximate surface area is 169 Å². The molecular formula is C20H27N5O4. The zero-order chi connectivity index (χ0) is 20.9. The number of hydrogen-bond donors (Lipinski definition) is 1. The first-order valence-electron chi connectivity index (χ1n) is 10.0. The van der Waals surface area contributed by atoms with Crippen LogP contribution >= 0.6 is 0 Å². The zero-order valence-electron chi connectivity index (χ0n) is 17.5. The standard InChI is InChI=1S/C20H27N5O4/c1-10(2)18(27)25-8-14-6-15(22-17(26)16-11(3)23-28-12(16)4)7-20(14,9-25)19-21-13(5)24-29-19/h10,14-15H,6-9H2,1-5H3,(H,22,26)/t14?,15-,20+/m1/s1. The van der Waals surface area contributed by atoms with Gasteiger partial charge in [0.05, 0.1) is 11.1 Å². The molecule has 1 aliphatic heterocycles. The van der Waals surface area contributed by atoms with Crippen molar-refractivity contribution in [2.75, 3.05) is 13.1 Å². The number of amides is 2. The molecule has 1 aliphatic carbocycles. The molecular weight excluding hydrogens is 374 g/mol. The summed E-state index contributed by atoms with van der Waals surface area (Å²) in [4.78, 5) is 31.8. The normalized spacial score (nSPS) is 26.2. The van der Waals surface area contributed by atoms with Crippen LogP contribution in [-0.2, 0) is 10.2 Å². The van der Waals surface area contributed by atoms with Crippen molar-refractivity contribution < 1.29 is 18.6 Å². The zero-order valence-corrected chi connectivity index (χ0v) is 17.5. The summed E-state index contributed by atoms with van der Waals surface area (Å²) in [6.45, 7) is 10.3. The van der Waals surface area contributed by atoms with E-state index in [0.29, 0.717) is 48.2 Å². The SMILES string of the molecule is Cc1noc([C@]23C[C@H](NC(=O)c4c(C)noc4C)CC2CN(C(=O)C(C)C)C3)n1. The Hall–Kier alpha value is -2.71. The lowest BCUT2D eigenvalue weighted by molar-refractivity contribution is -0.133. The Balaban J connectivity index is 1.57. The summed E-state index contributed by atoms with van der Waals surface area (Å²) >= 11 is 0. The van der Waals surface area contributed by atoms with Gasteiger partial charge in [0.15, 0.2) is 5.82 Å². The molecule has 0 aromatic carbocycles. The van der Waals surface area contributed by atoms with E-state index in [1.807, 2.05) is 18.7 Å². The van der Waals surface area contributed by atoms with Gasteiger partial charge < -0.3 is 19.3 Å². The van der Waals surface area contributed by atoms with Crippen LogP contribution in [0, 0.1) is 32.6 Å². The number of hydrogen-bond acceptors (Lipinski definition) is 7.